The zero-order valence-electron chi connectivity index (χ0n) is 19.0. The summed E-state index contributed by atoms with van der Waals surface area (Å²) in [4.78, 5) is 4.23. The van der Waals surface area contributed by atoms with E-state index in [2.05, 4.69) is 46.6 Å². The van der Waals surface area contributed by atoms with Gasteiger partial charge in [-0.2, -0.15) is 0 Å². The number of aromatic nitrogens is 2. The van der Waals surface area contributed by atoms with Crippen LogP contribution in [0.2, 0.25) is 5.15 Å². The quantitative estimate of drug-likeness (QED) is 0.177. The average molecular weight is 461 g/mol. The van der Waals surface area contributed by atoms with Gasteiger partial charge >= 0.3 is 0 Å². The van der Waals surface area contributed by atoms with Gasteiger partial charge in [0.15, 0.2) is 0 Å². The van der Waals surface area contributed by atoms with Crippen LogP contribution in [0, 0.1) is 12.3 Å². The Kier molecular flexibility index (Phi) is 6.29. The molecule has 0 spiro atoms. The molecule has 7 heteroatoms. The van der Waals surface area contributed by atoms with E-state index in [4.69, 9.17) is 28.5 Å². The smallest absolute Gasteiger partial charge is 0.136 e. The molecule has 0 radical (unpaired) electrons. The minimum Gasteiger partial charge on any atom is -0.394 e. The number of fused-ring (bicyclic) bond motifs is 2. The van der Waals surface area contributed by atoms with Crippen LogP contribution in [0.1, 0.15) is 39.9 Å². The highest BCUT2D eigenvalue weighted by molar-refractivity contribution is 6.30. The second kappa shape index (κ2) is 9.16. The van der Waals surface area contributed by atoms with Gasteiger partial charge in [0.2, 0.25) is 0 Å². The first-order chi connectivity index (χ1) is 15.8. The van der Waals surface area contributed by atoms with Crippen LogP contribution in [0.15, 0.2) is 49.2 Å². The summed E-state index contributed by atoms with van der Waals surface area (Å²) in [5.41, 5.74) is 20.1. The van der Waals surface area contributed by atoms with E-state index in [1.54, 1.807) is 6.07 Å². The summed E-state index contributed by atoms with van der Waals surface area (Å²) in [7, 11) is 1.87. The maximum Gasteiger partial charge on any atom is 0.136 e. The topological polar surface area (TPSA) is 106 Å². The predicted octanol–water partition coefficient (Wildman–Crippen LogP) is 4.70. The number of benzene rings is 1. The molecule has 0 unspecified atom stereocenters. The van der Waals surface area contributed by atoms with Crippen LogP contribution in [-0.2, 0) is 19.4 Å². The number of anilines is 1. The number of halogens is 1. The lowest BCUT2D eigenvalue weighted by Gasteiger charge is -2.13. The minimum atomic E-state index is -0.126. The van der Waals surface area contributed by atoms with E-state index in [9.17, 15) is 0 Å². The van der Waals surface area contributed by atoms with E-state index in [0.29, 0.717) is 17.3 Å². The van der Waals surface area contributed by atoms with Crippen molar-refractivity contribution in [2.75, 3.05) is 12.8 Å². The maximum atomic E-state index is 7.82. The zero-order chi connectivity index (χ0) is 23.7. The number of amidine groups is 1. The summed E-state index contributed by atoms with van der Waals surface area (Å²) >= 11 is 6.48. The van der Waals surface area contributed by atoms with Gasteiger partial charge in [-0.1, -0.05) is 30.3 Å². The molecule has 0 amide bonds. The molecule has 2 aromatic heterocycles. The van der Waals surface area contributed by atoms with Crippen LogP contribution in [0.5, 0.6) is 0 Å². The van der Waals surface area contributed by atoms with E-state index in [1.807, 2.05) is 25.4 Å². The number of hydrogen-bond acceptors (Lipinski definition) is 4. The lowest BCUT2D eigenvalue weighted by atomic mass is 9.99. The van der Waals surface area contributed by atoms with Gasteiger partial charge in [0, 0.05) is 34.8 Å². The van der Waals surface area contributed by atoms with Crippen LogP contribution < -0.4 is 16.8 Å². The van der Waals surface area contributed by atoms with Crippen molar-refractivity contribution in [2.24, 2.45) is 5.73 Å². The Morgan fingerprint density at radius 3 is 2.70 bits per heavy atom. The highest BCUT2D eigenvalue weighted by atomic mass is 35.5. The lowest BCUT2D eigenvalue weighted by Crippen LogP contribution is -2.16. The number of nitrogen functional groups attached to an aromatic ring is 2. The van der Waals surface area contributed by atoms with Gasteiger partial charge in [0.25, 0.3) is 0 Å². The Morgan fingerprint density at radius 2 is 2.03 bits per heavy atom. The number of nitrogens with two attached hydrogens (primary N) is 2. The number of nitrogens with one attached hydrogen (secondary N) is 2. The van der Waals surface area contributed by atoms with E-state index < -0.39 is 0 Å². The first-order valence-corrected chi connectivity index (χ1v) is 11.3. The summed E-state index contributed by atoms with van der Waals surface area (Å²) < 4.78 is 2.26. The molecule has 0 atom stereocenters. The molecule has 6 N–H and O–H groups in total. The molecule has 170 valence electrons. The van der Waals surface area contributed by atoms with Crippen molar-refractivity contribution in [3.05, 3.63) is 87.9 Å². The molecule has 0 saturated heterocycles. The summed E-state index contributed by atoms with van der Waals surface area (Å²) in [5, 5.41) is 12.4. The molecular formula is C26H29ClN6. The Balaban J connectivity index is 1.94. The maximum absolute atomic E-state index is 7.82. The van der Waals surface area contributed by atoms with E-state index in [0.717, 1.165) is 40.8 Å². The number of nitrogens with zero attached hydrogens (tertiary/aromatic N) is 2. The molecule has 6 nitrogen and oxygen atoms in total. The van der Waals surface area contributed by atoms with Crippen LogP contribution in [0.25, 0.3) is 16.5 Å². The number of hydrogen-bond donors (Lipinski definition) is 4. The van der Waals surface area contributed by atoms with Gasteiger partial charge in [0.1, 0.15) is 16.8 Å². The average Bonchev–Trinajstić information content (AvgIpc) is 3.33. The molecule has 1 aromatic carbocycles. The van der Waals surface area contributed by atoms with Crippen LogP contribution >= 0.6 is 11.6 Å². The highest BCUT2D eigenvalue weighted by Gasteiger charge is 2.21. The standard InChI is InChI=1S/C26H29ClN6/c1-4-16(9-6-10-31-3)23-15(2)33(22-13-18-8-5-7-17(18)11-20(22)23)14-19-12-21(25(28)29)26(30)32-24(19)27/h4,6,9-13,31H,1,5,7-8,14H2,2-3H3,(H3,28,29)(H2,30,32)/b10-6-,16-9+. The van der Waals surface area contributed by atoms with E-state index >= 15 is 0 Å². The van der Waals surface area contributed by atoms with Gasteiger partial charge in [-0.3, -0.25) is 5.41 Å². The van der Waals surface area contributed by atoms with Crippen molar-refractivity contribution in [3.63, 3.8) is 0 Å². The second-order valence-corrected chi connectivity index (χ2v) is 8.65. The SMILES string of the molecule is C=C/C(=C\C=C/NC)c1c(C)n(Cc2cc(C(=N)N)c(N)nc2Cl)c2cc3c(cc12)CCC3. The summed E-state index contributed by atoms with van der Waals surface area (Å²) in [6.45, 7) is 6.68. The largest absolute Gasteiger partial charge is 0.394 e. The van der Waals surface area contributed by atoms with Crippen molar-refractivity contribution >= 4 is 39.7 Å². The summed E-state index contributed by atoms with van der Waals surface area (Å²) in [5.74, 6) is 0.0377. The zero-order valence-corrected chi connectivity index (χ0v) is 19.8. The Bertz CT molecular complexity index is 1330. The molecule has 1 aliphatic carbocycles. The molecule has 4 rings (SSSR count). The summed E-state index contributed by atoms with van der Waals surface area (Å²) in [6.07, 6.45) is 11.2. The first-order valence-electron chi connectivity index (χ1n) is 11.0. The molecular weight excluding hydrogens is 432 g/mol. The van der Waals surface area contributed by atoms with Crippen LogP contribution in [-0.4, -0.2) is 22.4 Å². The number of pyridine rings is 1. The number of rotatable bonds is 7. The third-order valence-corrected chi connectivity index (χ3v) is 6.61. The fourth-order valence-corrected chi connectivity index (χ4v) is 4.86. The number of aryl methyl sites for hydroxylation is 2. The minimum absolute atomic E-state index is 0.126. The third kappa shape index (κ3) is 4.14. The predicted molar refractivity (Wildman–Crippen MR) is 139 cm³/mol. The second-order valence-electron chi connectivity index (χ2n) is 8.30. The number of allylic oxidation sites excluding steroid dienone is 4. The molecule has 1 aliphatic rings. The van der Waals surface area contributed by atoms with Crippen molar-refractivity contribution in [1.82, 2.24) is 14.9 Å². The van der Waals surface area contributed by atoms with E-state index in [1.165, 1.54) is 22.9 Å². The van der Waals surface area contributed by atoms with Gasteiger partial charge in [-0.25, -0.2) is 4.98 Å². The van der Waals surface area contributed by atoms with Gasteiger partial charge in [-0.05, 0) is 73.4 Å². The molecule has 0 fully saturated rings. The Hall–Kier alpha value is -3.51. The normalized spacial score (nSPS) is 13.6. The van der Waals surface area contributed by atoms with Crippen LogP contribution in [0.4, 0.5) is 5.82 Å². The van der Waals surface area contributed by atoms with Crippen LogP contribution in [0.3, 0.4) is 0 Å². The Morgan fingerprint density at radius 1 is 1.30 bits per heavy atom. The fraction of sp³-hybridized carbons (Fsp3) is 0.231. The molecule has 3 aromatic rings. The fourth-order valence-electron chi connectivity index (χ4n) is 4.66. The van der Waals surface area contributed by atoms with Crippen molar-refractivity contribution in [3.8, 4) is 0 Å². The Labute approximate surface area is 199 Å². The highest BCUT2D eigenvalue weighted by Crippen LogP contribution is 2.37. The van der Waals surface area contributed by atoms with Crippen molar-refractivity contribution < 1.29 is 0 Å². The van der Waals surface area contributed by atoms with Gasteiger partial charge in [0.05, 0.1) is 12.1 Å². The van der Waals surface area contributed by atoms with Gasteiger partial charge in [-0.15, -0.1) is 0 Å². The molecule has 0 bridgehead atoms. The lowest BCUT2D eigenvalue weighted by molar-refractivity contribution is 0.799. The van der Waals surface area contributed by atoms with Gasteiger partial charge < -0.3 is 21.4 Å². The first kappa shape index (κ1) is 22.7. The monoisotopic (exact) mass is 460 g/mol. The molecule has 0 saturated carbocycles. The molecule has 2 heterocycles. The van der Waals surface area contributed by atoms with Crippen molar-refractivity contribution in [2.45, 2.75) is 32.7 Å². The molecule has 0 aliphatic heterocycles. The van der Waals surface area contributed by atoms with Crippen molar-refractivity contribution in [1.29, 1.82) is 5.41 Å². The van der Waals surface area contributed by atoms with E-state index in [-0.39, 0.29) is 11.7 Å². The molecule has 33 heavy (non-hydrogen) atoms. The third-order valence-electron chi connectivity index (χ3n) is 6.28. The summed E-state index contributed by atoms with van der Waals surface area (Å²) in [6, 6.07) is 6.41.